The van der Waals surface area contributed by atoms with Crippen molar-refractivity contribution in [2.75, 3.05) is 5.32 Å². The maximum Gasteiger partial charge on any atom is 0.265 e. The normalized spacial score (nSPS) is 11.9. The maximum absolute atomic E-state index is 12.2. The van der Waals surface area contributed by atoms with Crippen LogP contribution >= 0.6 is 15.9 Å². The Morgan fingerprint density at radius 3 is 2.41 bits per heavy atom. The van der Waals surface area contributed by atoms with Crippen molar-refractivity contribution in [2.24, 2.45) is 0 Å². The number of aryl methyl sites for hydroxylation is 2. The van der Waals surface area contributed by atoms with Gasteiger partial charge in [-0.05, 0) is 74.7 Å². The SMILES string of the molecule is Cc1cc(C)c(C)c(O[C@@H](C)C(=O)Nc2ccc(Br)cc2)c1. The van der Waals surface area contributed by atoms with Crippen molar-refractivity contribution in [1.82, 2.24) is 0 Å². The average molecular weight is 362 g/mol. The first kappa shape index (κ1) is 16.6. The fourth-order valence-corrected chi connectivity index (χ4v) is 2.41. The third-order valence-corrected chi connectivity index (χ3v) is 4.08. The van der Waals surface area contributed by atoms with Gasteiger partial charge < -0.3 is 10.1 Å². The van der Waals surface area contributed by atoms with E-state index in [1.807, 2.05) is 51.1 Å². The number of benzene rings is 2. The molecule has 0 aliphatic rings. The molecule has 0 radical (unpaired) electrons. The molecule has 1 atom stereocenters. The molecule has 3 nitrogen and oxygen atoms in total. The minimum Gasteiger partial charge on any atom is -0.481 e. The van der Waals surface area contributed by atoms with E-state index in [1.165, 1.54) is 0 Å². The highest BCUT2D eigenvalue weighted by Crippen LogP contribution is 2.24. The lowest BCUT2D eigenvalue weighted by Gasteiger charge is -2.18. The molecular weight excluding hydrogens is 342 g/mol. The van der Waals surface area contributed by atoms with Crippen LogP contribution in [0.4, 0.5) is 5.69 Å². The lowest BCUT2D eigenvalue weighted by molar-refractivity contribution is -0.122. The van der Waals surface area contributed by atoms with Crippen molar-refractivity contribution in [1.29, 1.82) is 0 Å². The Labute approximate surface area is 139 Å². The minimum absolute atomic E-state index is 0.166. The quantitative estimate of drug-likeness (QED) is 0.850. The molecule has 116 valence electrons. The predicted octanol–water partition coefficient (Wildman–Crippen LogP) is 4.78. The molecule has 0 spiro atoms. The molecule has 0 saturated carbocycles. The summed E-state index contributed by atoms with van der Waals surface area (Å²) >= 11 is 3.37. The van der Waals surface area contributed by atoms with Crippen LogP contribution in [0.1, 0.15) is 23.6 Å². The Kier molecular flexibility index (Phi) is 5.24. The summed E-state index contributed by atoms with van der Waals surface area (Å²) in [6, 6.07) is 11.5. The van der Waals surface area contributed by atoms with Crippen molar-refractivity contribution >= 4 is 27.5 Å². The van der Waals surface area contributed by atoms with Crippen LogP contribution in [0.5, 0.6) is 5.75 Å². The topological polar surface area (TPSA) is 38.3 Å². The van der Waals surface area contributed by atoms with Gasteiger partial charge in [0.25, 0.3) is 5.91 Å². The summed E-state index contributed by atoms with van der Waals surface area (Å²) in [5.74, 6) is 0.594. The van der Waals surface area contributed by atoms with Gasteiger partial charge in [-0.1, -0.05) is 22.0 Å². The monoisotopic (exact) mass is 361 g/mol. The molecule has 0 fully saturated rings. The highest BCUT2D eigenvalue weighted by Gasteiger charge is 2.16. The van der Waals surface area contributed by atoms with Crippen LogP contribution in [0.2, 0.25) is 0 Å². The molecule has 0 heterocycles. The summed E-state index contributed by atoms with van der Waals surface area (Å²) in [5.41, 5.74) is 4.10. The molecule has 0 bridgehead atoms. The van der Waals surface area contributed by atoms with Gasteiger partial charge in [0.2, 0.25) is 0 Å². The number of amides is 1. The van der Waals surface area contributed by atoms with Crippen molar-refractivity contribution in [3.8, 4) is 5.75 Å². The zero-order valence-corrected chi connectivity index (χ0v) is 14.8. The number of hydrogen-bond donors (Lipinski definition) is 1. The number of halogens is 1. The Bertz CT molecular complexity index is 680. The second-order valence-electron chi connectivity index (χ2n) is 5.46. The molecule has 0 aliphatic heterocycles. The lowest BCUT2D eigenvalue weighted by atomic mass is 10.1. The third-order valence-electron chi connectivity index (χ3n) is 3.55. The van der Waals surface area contributed by atoms with Gasteiger partial charge in [0, 0.05) is 10.2 Å². The number of carbonyl (C=O) groups is 1. The average Bonchev–Trinajstić information content (AvgIpc) is 2.46. The number of carbonyl (C=O) groups excluding carboxylic acids is 1. The largest absolute Gasteiger partial charge is 0.481 e. The Morgan fingerprint density at radius 1 is 1.14 bits per heavy atom. The van der Waals surface area contributed by atoms with Crippen LogP contribution in [0.25, 0.3) is 0 Å². The molecule has 4 heteroatoms. The van der Waals surface area contributed by atoms with Crippen molar-refractivity contribution < 1.29 is 9.53 Å². The summed E-state index contributed by atoms with van der Waals surface area (Å²) in [6.45, 7) is 7.82. The van der Waals surface area contributed by atoms with E-state index >= 15 is 0 Å². The smallest absolute Gasteiger partial charge is 0.265 e. The number of ether oxygens (including phenoxy) is 1. The van der Waals surface area contributed by atoms with Crippen molar-refractivity contribution in [3.05, 3.63) is 57.6 Å². The van der Waals surface area contributed by atoms with E-state index in [2.05, 4.69) is 27.3 Å². The fraction of sp³-hybridized carbons (Fsp3) is 0.278. The van der Waals surface area contributed by atoms with Gasteiger partial charge in [0.1, 0.15) is 5.75 Å². The van der Waals surface area contributed by atoms with Crippen LogP contribution < -0.4 is 10.1 Å². The van der Waals surface area contributed by atoms with Crippen LogP contribution in [0.15, 0.2) is 40.9 Å². The number of rotatable bonds is 4. The van der Waals surface area contributed by atoms with Gasteiger partial charge in [-0.25, -0.2) is 0 Å². The summed E-state index contributed by atoms with van der Waals surface area (Å²) in [7, 11) is 0. The molecule has 2 aromatic carbocycles. The number of hydrogen-bond acceptors (Lipinski definition) is 2. The Balaban J connectivity index is 2.07. The molecule has 0 unspecified atom stereocenters. The molecule has 2 rings (SSSR count). The minimum atomic E-state index is -0.566. The predicted molar refractivity (Wildman–Crippen MR) is 93.5 cm³/mol. The van der Waals surface area contributed by atoms with Crippen LogP contribution in [0.3, 0.4) is 0 Å². The third kappa shape index (κ3) is 4.10. The molecule has 1 amide bonds. The highest BCUT2D eigenvalue weighted by molar-refractivity contribution is 9.10. The van der Waals surface area contributed by atoms with Crippen molar-refractivity contribution in [3.63, 3.8) is 0 Å². The molecule has 1 N–H and O–H groups in total. The summed E-state index contributed by atoms with van der Waals surface area (Å²) in [4.78, 5) is 12.2. The van der Waals surface area contributed by atoms with Gasteiger partial charge in [0.05, 0.1) is 0 Å². The zero-order valence-electron chi connectivity index (χ0n) is 13.2. The second-order valence-corrected chi connectivity index (χ2v) is 6.38. The van der Waals surface area contributed by atoms with E-state index in [0.717, 1.165) is 32.6 Å². The van der Waals surface area contributed by atoms with Gasteiger partial charge >= 0.3 is 0 Å². The number of anilines is 1. The van der Waals surface area contributed by atoms with E-state index in [1.54, 1.807) is 6.92 Å². The van der Waals surface area contributed by atoms with Crippen LogP contribution in [-0.4, -0.2) is 12.0 Å². The van der Waals surface area contributed by atoms with E-state index < -0.39 is 6.10 Å². The Hall–Kier alpha value is -1.81. The first-order valence-corrected chi connectivity index (χ1v) is 7.97. The van der Waals surface area contributed by atoms with Gasteiger partial charge in [-0.3, -0.25) is 4.79 Å². The maximum atomic E-state index is 12.2. The molecular formula is C18H20BrNO2. The first-order chi connectivity index (χ1) is 10.4. The summed E-state index contributed by atoms with van der Waals surface area (Å²) < 4.78 is 6.82. The fourth-order valence-electron chi connectivity index (χ4n) is 2.14. The molecule has 0 saturated heterocycles. The summed E-state index contributed by atoms with van der Waals surface area (Å²) in [6.07, 6.45) is -0.566. The Morgan fingerprint density at radius 2 is 1.77 bits per heavy atom. The molecule has 22 heavy (non-hydrogen) atoms. The number of nitrogens with one attached hydrogen (secondary N) is 1. The van der Waals surface area contributed by atoms with Crippen LogP contribution in [0, 0.1) is 20.8 Å². The van der Waals surface area contributed by atoms with Gasteiger partial charge in [-0.2, -0.15) is 0 Å². The molecule has 2 aromatic rings. The molecule has 0 aliphatic carbocycles. The van der Waals surface area contributed by atoms with E-state index in [4.69, 9.17) is 4.74 Å². The zero-order chi connectivity index (χ0) is 16.3. The molecule has 0 aromatic heterocycles. The van der Waals surface area contributed by atoms with E-state index in [9.17, 15) is 4.79 Å². The highest BCUT2D eigenvalue weighted by atomic mass is 79.9. The second kappa shape index (κ2) is 6.97. The standard InChI is InChI=1S/C18H20BrNO2/c1-11-9-12(2)13(3)17(10-11)22-14(4)18(21)20-16-7-5-15(19)6-8-16/h5-10,14H,1-4H3,(H,20,21)/t14-/m0/s1. The van der Waals surface area contributed by atoms with E-state index in [0.29, 0.717) is 0 Å². The van der Waals surface area contributed by atoms with Gasteiger partial charge in [-0.15, -0.1) is 0 Å². The first-order valence-electron chi connectivity index (χ1n) is 7.18. The van der Waals surface area contributed by atoms with Crippen molar-refractivity contribution in [2.45, 2.75) is 33.8 Å². The van der Waals surface area contributed by atoms with Gasteiger partial charge in [0.15, 0.2) is 6.10 Å². The van der Waals surface area contributed by atoms with Crippen LogP contribution in [-0.2, 0) is 4.79 Å². The lowest BCUT2D eigenvalue weighted by Crippen LogP contribution is -2.30. The summed E-state index contributed by atoms with van der Waals surface area (Å²) in [5, 5.41) is 2.85. The van der Waals surface area contributed by atoms with E-state index in [-0.39, 0.29) is 5.91 Å².